The Hall–Kier alpha value is -1.68. The van der Waals surface area contributed by atoms with Gasteiger partial charge in [-0.05, 0) is 31.7 Å². The number of aryl methyl sites for hydroxylation is 1. The molecule has 2 heterocycles. The van der Waals surface area contributed by atoms with Crippen LogP contribution in [-0.2, 0) is 6.42 Å². The molecule has 0 aromatic carbocycles. The summed E-state index contributed by atoms with van der Waals surface area (Å²) in [5, 5.41) is 6.20. The standard InChI is InChI=1S/C13H14N2OS/c1-4-6-11-9(2)14-15(10(11)3)13(16)12-7-5-8-17-12/h4-5,7-8H,1,6H2,2-3H3. The van der Waals surface area contributed by atoms with Crippen molar-refractivity contribution in [2.45, 2.75) is 20.3 Å². The summed E-state index contributed by atoms with van der Waals surface area (Å²) in [5.41, 5.74) is 2.89. The Kier molecular flexibility index (Phi) is 3.24. The lowest BCUT2D eigenvalue weighted by Crippen LogP contribution is -2.14. The number of thiophene rings is 1. The number of hydrogen-bond donors (Lipinski definition) is 0. The molecule has 0 saturated carbocycles. The molecule has 0 aliphatic rings. The van der Waals surface area contributed by atoms with Gasteiger partial charge in [0.1, 0.15) is 0 Å². The average molecular weight is 246 g/mol. The van der Waals surface area contributed by atoms with Crippen LogP contribution in [0.5, 0.6) is 0 Å². The molecule has 88 valence electrons. The molecule has 0 N–H and O–H groups in total. The molecule has 0 atom stereocenters. The van der Waals surface area contributed by atoms with Gasteiger partial charge >= 0.3 is 0 Å². The van der Waals surface area contributed by atoms with Crippen molar-refractivity contribution in [3.63, 3.8) is 0 Å². The van der Waals surface area contributed by atoms with Gasteiger partial charge in [-0.25, -0.2) is 0 Å². The highest BCUT2D eigenvalue weighted by atomic mass is 32.1. The number of rotatable bonds is 3. The van der Waals surface area contributed by atoms with E-state index in [4.69, 9.17) is 0 Å². The van der Waals surface area contributed by atoms with Gasteiger partial charge in [0, 0.05) is 11.3 Å². The molecule has 0 bridgehead atoms. The van der Waals surface area contributed by atoms with Crippen LogP contribution in [0, 0.1) is 13.8 Å². The molecule has 0 fully saturated rings. The second kappa shape index (κ2) is 4.67. The fraction of sp³-hybridized carbons (Fsp3) is 0.231. The first-order chi connectivity index (χ1) is 8.15. The SMILES string of the molecule is C=CCc1c(C)nn(C(=O)c2cccs2)c1C. The highest BCUT2D eigenvalue weighted by molar-refractivity contribution is 7.12. The van der Waals surface area contributed by atoms with Crippen LogP contribution in [-0.4, -0.2) is 15.7 Å². The van der Waals surface area contributed by atoms with Crippen LogP contribution in [0.25, 0.3) is 0 Å². The van der Waals surface area contributed by atoms with Gasteiger partial charge in [0.25, 0.3) is 5.91 Å². The lowest BCUT2D eigenvalue weighted by Gasteiger charge is -2.01. The molecule has 0 radical (unpaired) electrons. The Morgan fingerprint density at radius 3 is 2.94 bits per heavy atom. The number of allylic oxidation sites excluding steroid dienone is 1. The molecule has 2 rings (SSSR count). The van der Waals surface area contributed by atoms with Gasteiger partial charge in [-0.2, -0.15) is 9.78 Å². The van der Waals surface area contributed by atoms with Crippen molar-refractivity contribution in [3.8, 4) is 0 Å². The zero-order valence-corrected chi connectivity index (χ0v) is 10.8. The summed E-state index contributed by atoms with van der Waals surface area (Å²) in [4.78, 5) is 12.9. The van der Waals surface area contributed by atoms with Crippen LogP contribution in [0.4, 0.5) is 0 Å². The fourth-order valence-electron chi connectivity index (χ4n) is 1.82. The second-order valence-electron chi connectivity index (χ2n) is 3.84. The highest BCUT2D eigenvalue weighted by Crippen LogP contribution is 2.17. The molecule has 0 unspecified atom stereocenters. The molecule has 0 saturated heterocycles. The van der Waals surface area contributed by atoms with E-state index < -0.39 is 0 Å². The second-order valence-corrected chi connectivity index (χ2v) is 4.78. The van der Waals surface area contributed by atoms with Crippen LogP contribution in [0.3, 0.4) is 0 Å². The normalized spacial score (nSPS) is 10.5. The van der Waals surface area contributed by atoms with Crippen molar-refractivity contribution >= 4 is 17.2 Å². The molecule has 0 aliphatic heterocycles. The van der Waals surface area contributed by atoms with E-state index in [0.717, 1.165) is 23.4 Å². The van der Waals surface area contributed by atoms with Gasteiger partial charge in [0.2, 0.25) is 0 Å². The van der Waals surface area contributed by atoms with E-state index in [2.05, 4.69) is 11.7 Å². The Morgan fingerprint density at radius 2 is 2.35 bits per heavy atom. The first-order valence-electron chi connectivity index (χ1n) is 5.39. The molecule has 2 aromatic rings. The van der Waals surface area contributed by atoms with Crippen LogP contribution in [0.15, 0.2) is 30.2 Å². The number of aromatic nitrogens is 2. The summed E-state index contributed by atoms with van der Waals surface area (Å²) in [6.07, 6.45) is 2.58. The average Bonchev–Trinajstić information content (AvgIpc) is 2.92. The van der Waals surface area contributed by atoms with Gasteiger partial charge < -0.3 is 0 Å². The van der Waals surface area contributed by atoms with Gasteiger partial charge in [-0.1, -0.05) is 12.1 Å². The maximum Gasteiger partial charge on any atom is 0.288 e. The van der Waals surface area contributed by atoms with E-state index in [-0.39, 0.29) is 5.91 Å². The van der Waals surface area contributed by atoms with Crippen LogP contribution >= 0.6 is 11.3 Å². The Balaban J connectivity index is 2.43. The maximum absolute atomic E-state index is 12.2. The van der Waals surface area contributed by atoms with Crippen molar-refractivity contribution in [1.29, 1.82) is 0 Å². The number of nitrogens with zero attached hydrogens (tertiary/aromatic N) is 2. The van der Waals surface area contributed by atoms with Crippen LogP contribution < -0.4 is 0 Å². The Bertz CT molecular complexity index is 552. The number of carbonyl (C=O) groups excluding carboxylic acids is 1. The van der Waals surface area contributed by atoms with Crippen molar-refractivity contribution in [2.75, 3.05) is 0 Å². The number of carbonyl (C=O) groups is 1. The topological polar surface area (TPSA) is 34.9 Å². The van der Waals surface area contributed by atoms with Gasteiger partial charge in [0.15, 0.2) is 0 Å². The van der Waals surface area contributed by atoms with Crippen molar-refractivity contribution in [3.05, 3.63) is 52.0 Å². The van der Waals surface area contributed by atoms with E-state index in [1.54, 1.807) is 0 Å². The summed E-state index contributed by atoms with van der Waals surface area (Å²) in [5.74, 6) is -0.0593. The van der Waals surface area contributed by atoms with Gasteiger partial charge in [0.05, 0.1) is 10.6 Å². The smallest absolute Gasteiger partial charge is 0.266 e. The maximum atomic E-state index is 12.2. The lowest BCUT2D eigenvalue weighted by molar-refractivity contribution is 0.0946. The van der Waals surface area contributed by atoms with Gasteiger partial charge in [-0.3, -0.25) is 4.79 Å². The molecule has 17 heavy (non-hydrogen) atoms. The molecule has 0 spiro atoms. The van der Waals surface area contributed by atoms with Crippen LogP contribution in [0.2, 0.25) is 0 Å². The van der Waals surface area contributed by atoms with Crippen molar-refractivity contribution < 1.29 is 4.79 Å². The monoisotopic (exact) mass is 246 g/mol. The van der Waals surface area contributed by atoms with Gasteiger partial charge in [-0.15, -0.1) is 17.9 Å². The number of hydrogen-bond acceptors (Lipinski definition) is 3. The van der Waals surface area contributed by atoms with E-state index >= 15 is 0 Å². The third-order valence-corrected chi connectivity index (χ3v) is 3.57. The molecule has 4 heteroatoms. The summed E-state index contributed by atoms with van der Waals surface area (Å²) < 4.78 is 1.49. The third-order valence-electron chi connectivity index (χ3n) is 2.71. The molecular formula is C13H14N2OS. The minimum atomic E-state index is -0.0593. The summed E-state index contributed by atoms with van der Waals surface area (Å²) in [6.45, 7) is 7.56. The molecule has 0 amide bonds. The zero-order chi connectivity index (χ0) is 12.4. The van der Waals surface area contributed by atoms with Crippen molar-refractivity contribution in [1.82, 2.24) is 9.78 Å². The van der Waals surface area contributed by atoms with E-state index in [1.807, 2.05) is 37.4 Å². The summed E-state index contributed by atoms with van der Waals surface area (Å²) in [6, 6.07) is 3.69. The first-order valence-corrected chi connectivity index (χ1v) is 6.27. The third kappa shape index (κ3) is 2.08. The van der Waals surface area contributed by atoms with Crippen molar-refractivity contribution in [2.24, 2.45) is 0 Å². The largest absolute Gasteiger partial charge is 0.288 e. The molecule has 3 nitrogen and oxygen atoms in total. The quantitative estimate of drug-likeness (QED) is 0.780. The lowest BCUT2D eigenvalue weighted by atomic mass is 10.1. The molecular weight excluding hydrogens is 232 g/mol. The first kappa shape index (κ1) is 11.8. The highest BCUT2D eigenvalue weighted by Gasteiger charge is 2.17. The minimum absolute atomic E-state index is 0.0593. The summed E-state index contributed by atoms with van der Waals surface area (Å²) in [7, 11) is 0. The Morgan fingerprint density at radius 1 is 1.59 bits per heavy atom. The predicted octanol–water partition coefficient (Wildman–Crippen LogP) is 2.98. The zero-order valence-electron chi connectivity index (χ0n) is 9.93. The minimum Gasteiger partial charge on any atom is -0.266 e. The predicted molar refractivity (Wildman–Crippen MR) is 69.6 cm³/mol. The van der Waals surface area contributed by atoms with E-state index in [0.29, 0.717) is 4.88 Å². The Labute approximate surface area is 104 Å². The molecule has 0 aliphatic carbocycles. The van der Waals surface area contributed by atoms with Crippen LogP contribution in [0.1, 0.15) is 26.6 Å². The molecule has 2 aromatic heterocycles. The fourth-order valence-corrected chi connectivity index (χ4v) is 2.47. The summed E-state index contributed by atoms with van der Waals surface area (Å²) >= 11 is 1.43. The van der Waals surface area contributed by atoms with E-state index in [1.165, 1.54) is 16.0 Å². The van der Waals surface area contributed by atoms with E-state index in [9.17, 15) is 4.79 Å².